The van der Waals surface area contributed by atoms with Gasteiger partial charge in [0.05, 0.1) is 5.92 Å². The Morgan fingerprint density at radius 1 is 1.31 bits per heavy atom. The number of hydrogen-bond acceptors (Lipinski definition) is 2. The van der Waals surface area contributed by atoms with E-state index in [0.29, 0.717) is 12.8 Å². The lowest BCUT2D eigenvalue weighted by Gasteiger charge is -2.28. The van der Waals surface area contributed by atoms with Crippen molar-refractivity contribution in [2.45, 2.75) is 32.1 Å². The molecule has 6 heteroatoms. The third-order valence-electron chi connectivity index (χ3n) is 2.96. The molecule has 2 N–H and O–H groups in total. The van der Waals surface area contributed by atoms with Gasteiger partial charge in [0, 0.05) is 6.54 Å². The second-order valence-corrected chi connectivity index (χ2v) is 4.04. The summed E-state index contributed by atoms with van der Waals surface area (Å²) in [5.74, 6) is -2.98. The van der Waals surface area contributed by atoms with E-state index in [1.165, 1.54) is 0 Å². The predicted molar refractivity (Wildman–Crippen MR) is 52.1 cm³/mol. The SMILES string of the molecule is O=C(NCC1CCCCC1C(=O)O)C(F)F. The van der Waals surface area contributed by atoms with E-state index >= 15 is 0 Å². The summed E-state index contributed by atoms with van der Waals surface area (Å²) in [6.45, 7) is 0.0279. The van der Waals surface area contributed by atoms with E-state index in [0.717, 1.165) is 12.8 Å². The summed E-state index contributed by atoms with van der Waals surface area (Å²) in [5, 5.41) is 11.0. The van der Waals surface area contributed by atoms with Gasteiger partial charge in [-0.25, -0.2) is 0 Å². The minimum absolute atomic E-state index is 0.0279. The monoisotopic (exact) mass is 235 g/mol. The van der Waals surface area contributed by atoms with Crippen molar-refractivity contribution >= 4 is 11.9 Å². The number of halogens is 2. The van der Waals surface area contributed by atoms with Gasteiger partial charge in [0.15, 0.2) is 0 Å². The lowest BCUT2D eigenvalue weighted by molar-refractivity contribution is -0.145. The van der Waals surface area contributed by atoms with E-state index in [-0.39, 0.29) is 12.5 Å². The Bertz CT molecular complexity index is 271. The minimum Gasteiger partial charge on any atom is -0.481 e. The van der Waals surface area contributed by atoms with Crippen LogP contribution in [0.2, 0.25) is 0 Å². The van der Waals surface area contributed by atoms with Crippen molar-refractivity contribution in [2.75, 3.05) is 6.54 Å². The molecule has 1 fully saturated rings. The Kier molecular flexibility index (Phi) is 4.64. The summed E-state index contributed by atoms with van der Waals surface area (Å²) in [7, 11) is 0. The molecule has 1 aliphatic rings. The van der Waals surface area contributed by atoms with E-state index in [2.05, 4.69) is 5.32 Å². The fourth-order valence-electron chi connectivity index (χ4n) is 2.09. The van der Waals surface area contributed by atoms with Crippen molar-refractivity contribution in [1.29, 1.82) is 0 Å². The second-order valence-electron chi connectivity index (χ2n) is 4.04. The molecule has 92 valence electrons. The molecule has 0 radical (unpaired) electrons. The standard InChI is InChI=1S/C10H15F2NO3/c11-8(12)9(14)13-5-6-3-1-2-4-7(6)10(15)16/h6-8H,1-5H2,(H,13,14)(H,15,16). The Morgan fingerprint density at radius 2 is 1.94 bits per heavy atom. The molecule has 0 aromatic heterocycles. The van der Waals surface area contributed by atoms with Gasteiger partial charge in [0.2, 0.25) is 0 Å². The largest absolute Gasteiger partial charge is 0.481 e. The van der Waals surface area contributed by atoms with Crippen LogP contribution in [0, 0.1) is 11.8 Å². The van der Waals surface area contributed by atoms with Crippen LogP contribution in [0.15, 0.2) is 0 Å². The molecule has 0 saturated heterocycles. The normalized spacial score (nSPS) is 25.4. The number of carboxylic acids is 1. The van der Waals surface area contributed by atoms with Gasteiger partial charge in [-0.05, 0) is 18.8 Å². The van der Waals surface area contributed by atoms with Crippen LogP contribution >= 0.6 is 0 Å². The van der Waals surface area contributed by atoms with Crippen molar-refractivity contribution in [3.05, 3.63) is 0 Å². The van der Waals surface area contributed by atoms with Crippen LogP contribution in [-0.4, -0.2) is 30.0 Å². The molecule has 1 aliphatic carbocycles. The third-order valence-corrected chi connectivity index (χ3v) is 2.96. The number of nitrogens with one attached hydrogen (secondary N) is 1. The van der Waals surface area contributed by atoms with Crippen molar-refractivity contribution < 1.29 is 23.5 Å². The van der Waals surface area contributed by atoms with E-state index < -0.39 is 24.2 Å². The second kappa shape index (κ2) is 5.77. The number of carbonyl (C=O) groups excluding carboxylic acids is 1. The molecule has 1 amide bonds. The van der Waals surface area contributed by atoms with Crippen LogP contribution in [0.5, 0.6) is 0 Å². The van der Waals surface area contributed by atoms with Crippen molar-refractivity contribution in [3.8, 4) is 0 Å². The zero-order valence-electron chi connectivity index (χ0n) is 8.79. The summed E-state index contributed by atoms with van der Waals surface area (Å²) in [6, 6.07) is 0. The van der Waals surface area contributed by atoms with Crippen LogP contribution in [-0.2, 0) is 9.59 Å². The van der Waals surface area contributed by atoms with Gasteiger partial charge >= 0.3 is 12.4 Å². The van der Waals surface area contributed by atoms with Crippen LogP contribution in [0.1, 0.15) is 25.7 Å². The van der Waals surface area contributed by atoms with Crippen molar-refractivity contribution in [1.82, 2.24) is 5.32 Å². The average molecular weight is 235 g/mol. The molecule has 0 spiro atoms. The summed E-state index contributed by atoms with van der Waals surface area (Å²) in [4.78, 5) is 21.5. The molecule has 0 aromatic rings. The van der Waals surface area contributed by atoms with E-state index in [9.17, 15) is 18.4 Å². The summed E-state index contributed by atoms with van der Waals surface area (Å²) in [6.07, 6.45) is -0.0767. The highest BCUT2D eigenvalue weighted by atomic mass is 19.3. The predicted octanol–water partition coefficient (Wildman–Crippen LogP) is 1.26. The Labute approximate surface area is 92.0 Å². The fourth-order valence-corrected chi connectivity index (χ4v) is 2.09. The molecule has 0 bridgehead atoms. The number of carboxylic acid groups (broad SMARTS) is 1. The molecule has 0 heterocycles. The highest BCUT2D eigenvalue weighted by Crippen LogP contribution is 2.29. The Morgan fingerprint density at radius 3 is 2.50 bits per heavy atom. The number of carbonyl (C=O) groups is 2. The van der Waals surface area contributed by atoms with Crippen molar-refractivity contribution in [2.24, 2.45) is 11.8 Å². The molecule has 16 heavy (non-hydrogen) atoms. The lowest BCUT2D eigenvalue weighted by atomic mass is 9.79. The highest BCUT2D eigenvalue weighted by Gasteiger charge is 2.31. The Hall–Kier alpha value is -1.20. The molecular formula is C10H15F2NO3. The van der Waals surface area contributed by atoms with Gasteiger partial charge in [-0.1, -0.05) is 12.8 Å². The number of hydrogen-bond donors (Lipinski definition) is 2. The molecular weight excluding hydrogens is 220 g/mol. The number of alkyl halides is 2. The summed E-state index contributed by atoms with van der Waals surface area (Å²) in [5.41, 5.74) is 0. The molecule has 2 atom stereocenters. The first-order chi connectivity index (χ1) is 7.52. The van der Waals surface area contributed by atoms with Crippen molar-refractivity contribution in [3.63, 3.8) is 0 Å². The fraction of sp³-hybridized carbons (Fsp3) is 0.800. The first-order valence-electron chi connectivity index (χ1n) is 5.31. The van der Waals surface area contributed by atoms with Crippen LogP contribution < -0.4 is 5.32 Å². The number of aliphatic carboxylic acids is 1. The molecule has 0 aliphatic heterocycles. The average Bonchev–Trinajstić information content (AvgIpc) is 2.25. The van der Waals surface area contributed by atoms with E-state index in [1.807, 2.05) is 0 Å². The van der Waals surface area contributed by atoms with Crippen LogP contribution in [0.3, 0.4) is 0 Å². The summed E-state index contributed by atoms with van der Waals surface area (Å²) < 4.78 is 23.8. The lowest BCUT2D eigenvalue weighted by Crippen LogP contribution is -2.39. The molecule has 2 unspecified atom stereocenters. The van der Waals surface area contributed by atoms with Gasteiger partial charge in [-0.3, -0.25) is 9.59 Å². The first kappa shape index (κ1) is 12.9. The van der Waals surface area contributed by atoms with Gasteiger partial charge in [0.1, 0.15) is 0 Å². The minimum atomic E-state index is -3.04. The quantitative estimate of drug-likeness (QED) is 0.770. The smallest absolute Gasteiger partial charge is 0.315 e. The highest BCUT2D eigenvalue weighted by molar-refractivity contribution is 5.79. The number of rotatable bonds is 4. The maximum Gasteiger partial charge on any atom is 0.315 e. The van der Waals surface area contributed by atoms with E-state index in [1.54, 1.807) is 0 Å². The molecule has 1 rings (SSSR count). The third kappa shape index (κ3) is 3.43. The van der Waals surface area contributed by atoms with Crippen LogP contribution in [0.4, 0.5) is 8.78 Å². The van der Waals surface area contributed by atoms with Gasteiger partial charge in [-0.15, -0.1) is 0 Å². The molecule has 1 saturated carbocycles. The van der Waals surface area contributed by atoms with Gasteiger partial charge in [0.25, 0.3) is 5.91 Å². The summed E-state index contributed by atoms with van der Waals surface area (Å²) >= 11 is 0. The zero-order valence-corrected chi connectivity index (χ0v) is 8.79. The topological polar surface area (TPSA) is 66.4 Å². The maximum absolute atomic E-state index is 11.9. The molecule has 4 nitrogen and oxygen atoms in total. The van der Waals surface area contributed by atoms with Crippen LogP contribution in [0.25, 0.3) is 0 Å². The van der Waals surface area contributed by atoms with Gasteiger partial charge in [-0.2, -0.15) is 8.78 Å². The molecule has 0 aromatic carbocycles. The zero-order chi connectivity index (χ0) is 12.1. The Balaban J connectivity index is 2.44. The van der Waals surface area contributed by atoms with Gasteiger partial charge < -0.3 is 10.4 Å². The maximum atomic E-state index is 11.9. The number of amides is 1. The van der Waals surface area contributed by atoms with E-state index in [4.69, 9.17) is 5.11 Å². The first-order valence-corrected chi connectivity index (χ1v) is 5.31.